The molecule has 0 spiro atoms. The first-order valence-electron chi connectivity index (χ1n) is 4.27. The Kier molecular flexibility index (Phi) is 3.41. The standard InChI is InChI=1S/C10H11NO4/c1-6(12)8-4-7(10(13)14)2-3-9(8)15-5-11/h2-4H,5,11H2,1H3,(H,13,14). The summed E-state index contributed by atoms with van der Waals surface area (Å²) >= 11 is 0. The number of hydrogen-bond donors (Lipinski definition) is 2. The Morgan fingerprint density at radius 2 is 2.13 bits per heavy atom. The summed E-state index contributed by atoms with van der Waals surface area (Å²) < 4.78 is 5.00. The predicted molar refractivity (Wildman–Crippen MR) is 53.1 cm³/mol. The maximum Gasteiger partial charge on any atom is 0.335 e. The average Bonchev–Trinajstić information content (AvgIpc) is 2.18. The van der Waals surface area contributed by atoms with Gasteiger partial charge in [-0.3, -0.25) is 10.5 Å². The molecule has 0 aliphatic rings. The van der Waals surface area contributed by atoms with Crippen molar-refractivity contribution in [3.8, 4) is 5.75 Å². The van der Waals surface area contributed by atoms with Gasteiger partial charge in [0.25, 0.3) is 0 Å². The summed E-state index contributed by atoms with van der Waals surface area (Å²) in [6.07, 6.45) is 0. The van der Waals surface area contributed by atoms with Crippen LogP contribution in [0.15, 0.2) is 18.2 Å². The molecule has 0 fully saturated rings. The van der Waals surface area contributed by atoms with Gasteiger partial charge in [-0.2, -0.15) is 0 Å². The number of nitrogens with two attached hydrogens (primary N) is 1. The fourth-order valence-electron chi connectivity index (χ4n) is 1.15. The zero-order chi connectivity index (χ0) is 11.4. The van der Waals surface area contributed by atoms with Gasteiger partial charge >= 0.3 is 5.97 Å². The predicted octanol–water partition coefficient (Wildman–Crippen LogP) is 0.882. The number of rotatable bonds is 4. The Morgan fingerprint density at radius 1 is 1.47 bits per heavy atom. The molecule has 0 aromatic heterocycles. The van der Waals surface area contributed by atoms with Crippen LogP contribution in [0.25, 0.3) is 0 Å². The smallest absolute Gasteiger partial charge is 0.335 e. The zero-order valence-corrected chi connectivity index (χ0v) is 8.19. The number of carboxylic acids is 1. The van der Waals surface area contributed by atoms with Crippen molar-refractivity contribution < 1.29 is 19.4 Å². The molecule has 0 atom stereocenters. The molecule has 0 saturated carbocycles. The summed E-state index contributed by atoms with van der Waals surface area (Å²) in [6.45, 7) is 1.27. The van der Waals surface area contributed by atoms with E-state index in [2.05, 4.69) is 0 Å². The summed E-state index contributed by atoms with van der Waals surface area (Å²) in [5.41, 5.74) is 5.45. The Bertz CT molecular complexity index is 400. The first-order valence-corrected chi connectivity index (χ1v) is 4.27. The van der Waals surface area contributed by atoms with Gasteiger partial charge in [0.05, 0.1) is 11.1 Å². The first kappa shape index (κ1) is 11.2. The Morgan fingerprint density at radius 3 is 2.60 bits per heavy atom. The topological polar surface area (TPSA) is 89.6 Å². The second-order valence-electron chi connectivity index (χ2n) is 2.88. The third-order valence-electron chi connectivity index (χ3n) is 1.84. The van der Waals surface area contributed by atoms with Gasteiger partial charge in [0, 0.05) is 0 Å². The molecule has 0 amide bonds. The number of ketones is 1. The van der Waals surface area contributed by atoms with Crippen LogP contribution in [-0.2, 0) is 0 Å². The van der Waals surface area contributed by atoms with Crippen molar-refractivity contribution in [3.63, 3.8) is 0 Å². The third kappa shape index (κ3) is 2.54. The number of Topliss-reactive ketones (excluding diaryl/α,β-unsaturated/α-hetero) is 1. The van der Waals surface area contributed by atoms with Crippen LogP contribution in [0.2, 0.25) is 0 Å². The summed E-state index contributed by atoms with van der Waals surface area (Å²) in [5, 5.41) is 8.74. The quantitative estimate of drug-likeness (QED) is 0.567. The average molecular weight is 209 g/mol. The van der Waals surface area contributed by atoms with Crippen LogP contribution >= 0.6 is 0 Å². The van der Waals surface area contributed by atoms with E-state index in [4.69, 9.17) is 15.6 Å². The molecule has 3 N–H and O–H groups in total. The summed E-state index contributed by atoms with van der Waals surface area (Å²) in [4.78, 5) is 21.9. The highest BCUT2D eigenvalue weighted by Gasteiger charge is 2.12. The minimum Gasteiger partial charge on any atom is -0.478 e. The van der Waals surface area contributed by atoms with Crippen molar-refractivity contribution in [1.82, 2.24) is 0 Å². The number of carboxylic acid groups (broad SMARTS) is 1. The van der Waals surface area contributed by atoms with Crippen LogP contribution in [0.5, 0.6) is 5.75 Å². The van der Waals surface area contributed by atoms with E-state index >= 15 is 0 Å². The second-order valence-corrected chi connectivity index (χ2v) is 2.88. The third-order valence-corrected chi connectivity index (χ3v) is 1.84. The number of benzene rings is 1. The van der Waals surface area contributed by atoms with Crippen LogP contribution < -0.4 is 10.5 Å². The molecular weight excluding hydrogens is 198 g/mol. The van der Waals surface area contributed by atoms with Gasteiger partial charge in [0.2, 0.25) is 0 Å². The van der Waals surface area contributed by atoms with Crippen molar-refractivity contribution in [2.75, 3.05) is 6.73 Å². The molecule has 0 radical (unpaired) electrons. The van der Waals surface area contributed by atoms with E-state index in [1.807, 2.05) is 0 Å². The normalized spacial score (nSPS) is 9.73. The van der Waals surface area contributed by atoms with E-state index in [1.165, 1.54) is 25.1 Å². The van der Waals surface area contributed by atoms with Gasteiger partial charge in [-0.05, 0) is 25.1 Å². The first-order chi connectivity index (χ1) is 7.06. The van der Waals surface area contributed by atoms with Crippen molar-refractivity contribution in [2.24, 2.45) is 5.73 Å². The lowest BCUT2D eigenvalue weighted by Gasteiger charge is -2.08. The van der Waals surface area contributed by atoms with Gasteiger partial charge in [0.15, 0.2) is 5.78 Å². The molecule has 0 heterocycles. The second kappa shape index (κ2) is 4.56. The van der Waals surface area contributed by atoms with Crippen LogP contribution in [-0.4, -0.2) is 23.6 Å². The summed E-state index contributed by atoms with van der Waals surface area (Å²) in [7, 11) is 0. The fourth-order valence-corrected chi connectivity index (χ4v) is 1.15. The minimum absolute atomic E-state index is 0.0459. The van der Waals surface area contributed by atoms with Gasteiger partial charge in [-0.25, -0.2) is 4.79 Å². The monoisotopic (exact) mass is 209 g/mol. The molecule has 0 aliphatic carbocycles. The Hall–Kier alpha value is -1.88. The van der Waals surface area contributed by atoms with Gasteiger partial charge < -0.3 is 9.84 Å². The molecule has 5 nitrogen and oxygen atoms in total. The lowest BCUT2D eigenvalue weighted by Crippen LogP contribution is -2.11. The van der Waals surface area contributed by atoms with E-state index in [1.54, 1.807) is 0 Å². The van der Waals surface area contributed by atoms with Gasteiger partial charge in [-0.15, -0.1) is 0 Å². The molecule has 0 unspecified atom stereocenters. The lowest BCUT2D eigenvalue weighted by molar-refractivity contribution is 0.0697. The van der Waals surface area contributed by atoms with E-state index < -0.39 is 5.97 Å². The molecule has 0 aliphatic heterocycles. The van der Waals surface area contributed by atoms with Gasteiger partial charge in [-0.1, -0.05) is 0 Å². The molecule has 0 saturated heterocycles. The van der Waals surface area contributed by atoms with Crippen LogP contribution in [0.4, 0.5) is 0 Å². The maximum absolute atomic E-state index is 11.2. The molecule has 15 heavy (non-hydrogen) atoms. The molecule has 5 heteroatoms. The number of carbonyl (C=O) groups excluding carboxylic acids is 1. The molecular formula is C10H11NO4. The minimum atomic E-state index is -1.09. The molecule has 1 aromatic carbocycles. The van der Waals surface area contributed by atoms with Crippen LogP contribution in [0.1, 0.15) is 27.6 Å². The van der Waals surface area contributed by atoms with E-state index in [9.17, 15) is 9.59 Å². The number of aromatic carboxylic acids is 1. The molecule has 1 rings (SSSR count). The lowest BCUT2D eigenvalue weighted by atomic mass is 10.1. The number of carbonyl (C=O) groups is 2. The van der Waals surface area contributed by atoms with Crippen molar-refractivity contribution in [3.05, 3.63) is 29.3 Å². The molecule has 80 valence electrons. The Labute approximate surface area is 86.5 Å². The Balaban J connectivity index is 3.20. The van der Waals surface area contributed by atoms with Crippen molar-refractivity contribution >= 4 is 11.8 Å². The molecule has 0 bridgehead atoms. The largest absolute Gasteiger partial charge is 0.478 e. The van der Waals surface area contributed by atoms with Crippen LogP contribution in [0, 0.1) is 0 Å². The maximum atomic E-state index is 11.2. The number of hydrogen-bond acceptors (Lipinski definition) is 4. The van der Waals surface area contributed by atoms with E-state index in [0.717, 1.165) is 0 Å². The SMILES string of the molecule is CC(=O)c1cc(C(=O)O)ccc1OCN. The fraction of sp³-hybridized carbons (Fsp3) is 0.200. The summed E-state index contributed by atoms with van der Waals surface area (Å²) in [6, 6.07) is 4.06. The zero-order valence-electron chi connectivity index (χ0n) is 8.19. The highest BCUT2D eigenvalue weighted by Crippen LogP contribution is 2.20. The van der Waals surface area contributed by atoms with E-state index in [-0.39, 0.29) is 23.6 Å². The van der Waals surface area contributed by atoms with E-state index in [0.29, 0.717) is 5.75 Å². The van der Waals surface area contributed by atoms with Crippen molar-refractivity contribution in [1.29, 1.82) is 0 Å². The van der Waals surface area contributed by atoms with Crippen molar-refractivity contribution in [2.45, 2.75) is 6.92 Å². The molecule has 1 aromatic rings. The number of ether oxygens (including phenoxy) is 1. The summed E-state index contributed by atoms with van der Waals surface area (Å²) in [5.74, 6) is -1.05. The highest BCUT2D eigenvalue weighted by molar-refractivity contribution is 5.99. The van der Waals surface area contributed by atoms with Crippen LogP contribution in [0.3, 0.4) is 0 Å². The highest BCUT2D eigenvalue weighted by atomic mass is 16.5. The van der Waals surface area contributed by atoms with Gasteiger partial charge in [0.1, 0.15) is 12.5 Å².